The molecular weight excluding hydrogens is 306 g/mol. The van der Waals surface area contributed by atoms with Crippen molar-refractivity contribution in [2.24, 2.45) is 0 Å². The quantitative estimate of drug-likeness (QED) is 0.902. The van der Waals surface area contributed by atoms with E-state index in [-0.39, 0.29) is 17.4 Å². The smallest absolute Gasteiger partial charge is 0.326 e. The molecule has 1 aromatic carbocycles. The summed E-state index contributed by atoms with van der Waals surface area (Å²) in [6.45, 7) is 6.02. The molecule has 0 bridgehead atoms. The molecule has 1 aliphatic rings. The Kier molecular flexibility index (Phi) is 4.13. The molecular formula is C18H21N3O3. The molecule has 0 amide bonds. The first-order chi connectivity index (χ1) is 11.4. The number of carbonyl (C=O) groups is 1. The highest BCUT2D eigenvalue weighted by Crippen LogP contribution is 2.25. The van der Waals surface area contributed by atoms with Gasteiger partial charge in [0.25, 0.3) is 5.56 Å². The van der Waals surface area contributed by atoms with Crippen LogP contribution in [0.25, 0.3) is 0 Å². The Balaban J connectivity index is 1.94. The molecule has 0 spiro atoms. The maximum Gasteiger partial charge on any atom is 0.326 e. The van der Waals surface area contributed by atoms with E-state index in [0.717, 1.165) is 16.7 Å². The minimum Gasteiger partial charge on any atom is -0.480 e. The second kappa shape index (κ2) is 6.11. The van der Waals surface area contributed by atoms with Gasteiger partial charge in [-0.1, -0.05) is 23.8 Å². The number of anilines is 1. The van der Waals surface area contributed by atoms with Crippen LogP contribution in [0.15, 0.2) is 29.2 Å². The number of carboxylic acids is 1. The van der Waals surface area contributed by atoms with E-state index in [1.165, 1.54) is 4.57 Å². The van der Waals surface area contributed by atoms with Crippen LogP contribution in [0.5, 0.6) is 0 Å². The SMILES string of the molecule is Cc1ccc(C)c([C@@H](C)Nc2ncc3n(c2=O)[C@H](C(=O)O)CC3)c1. The first-order valence-electron chi connectivity index (χ1n) is 8.05. The molecule has 0 aliphatic carbocycles. The van der Waals surface area contributed by atoms with Gasteiger partial charge >= 0.3 is 5.97 Å². The number of rotatable bonds is 4. The van der Waals surface area contributed by atoms with Crippen molar-refractivity contribution < 1.29 is 9.90 Å². The van der Waals surface area contributed by atoms with Gasteiger partial charge in [-0.05, 0) is 44.7 Å². The zero-order valence-corrected chi connectivity index (χ0v) is 14.0. The zero-order valence-electron chi connectivity index (χ0n) is 14.0. The highest BCUT2D eigenvalue weighted by molar-refractivity contribution is 5.72. The van der Waals surface area contributed by atoms with Crippen molar-refractivity contribution >= 4 is 11.8 Å². The molecule has 2 heterocycles. The predicted octanol–water partition coefficient (Wildman–Crippen LogP) is 2.61. The maximum absolute atomic E-state index is 12.7. The summed E-state index contributed by atoms with van der Waals surface area (Å²) in [5.41, 5.74) is 3.68. The summed E-state index contributed by atoms with van der Waals surface area (Å²) < 4.78 is 1.35. The minimum atomic E-state index is -0.976. The molecule has 0 saturated heterocycles. The van der Waals surface area contributed by atoms with Gasteiger partial charge < -0.3 is 10.4 Å². The first-order valence-corrected chi connectivity index (χ1v) is 8.05. The third-order valence-electron chi connectivity index (χ3n) is 4.60. The van der Waals surface area contributed by atoms with Crippen LogP contribution < -0.4 is 10.9 Å². The molecule has 0 unspecified atom stereocenters. The number of hydrogen-bond donors (Lipinski definition) is 2. The van der Waals surface area contributed by atoms with Crippen molar-refractivity contribution in [3.8, 4) is 0 Å². The Labute approximate surface area is 140 Å². The Bertz CT molecular complexity index is 857. The van der Waals surface area contributed by atoms with Gasteiger partial charge in [0, 0.05) is 11.9 Å². The van der Waals surface area contributed by atoms with E-state index in [0.29, 0.717) is 18.5 Å². The van der Waals surface area contributed by atoms with Crippen LogP contribution in [0, 0.1) is 13.8 Å². The van der Waals surface area contributed by atoms with E-state index in [9.17, 15) is 14.7 Å². The predicted molar refractivity (Wildman–Crippen MR) is 91.4 cm³/mol. The van der Waals surface area contributed by atoms with Gasteiger partial charge in [0.15, 0.2) is 5.82 Å². The van der Waals surface area contributed by atoms with E-state index in [1.54, 1.807) is 6.20 Å². The largest absolute Gasteiger partial charge is 0.480 e. The van der Waals surface area contributed by atoms with Crippen LogP contribution >= 0.6 is 0 Å². The fourth-order valence-electron chi connectivity index (χ4n) is 3.28. The molecule has 1 aliphatic heterocycles. The molecule has 6 heteroatoms. The van der Waals surface area contributed by atoms with Crippen LogP contribution in [0.1, 0.15) is 47.8 Å². The average Bonchev–Trinajstić information content (AvgIpc) is 2.97. The summed E-state index contributed by atoms with van der Waals surface area (Å²) in [6, 6.07) is 5.27. The lowest BCUT2D eigenvalue weighted by molar-refractivity contribution is -0.140. The lowest BCUT2D eigenvalue weighted by atomic mass is 10.00. The van der Waals surface area contributed by atoms with Gasteiger partial charge in [0.2, 0.25) is 0 Å². The first kappa shape index (κ1) is 16.2. The number of aliphatic carboxylic acids is 1. The summed E-state index contributed by atoms with van der Waals surface area (Å²) in [5.74, 6) is -0.782. The van der Waals surface area contributed by atoms with E-state index < -0.39 is 12.0 Å². The number of fused-ring (bicyclic) bond motifs is 1. The Morgan fingerprint density at radius 1 is 1.42 bits per heavy atom. The number of aromatic nitrogens is 2. The van der Waals surface area contributed by atoms with Crippen molar-refractivity contribution in [2.45, 2.75) is 45.7 Å². The van der Waals surface area contributed by atoms with Crippen LogP contribution in [-0.4, -0.2) is 20.6 Å². The van der Waals surface area contributed by atoms with Gasteiger partial charge in [0.1, 0.15) is 6.04 Å². The van der Waals surface area contributed by atoms with E-state index in [2.05, 4.69) is 16.4 Å². The summed E-state index contributed by atoms with van der Waals surface area (Å²) in [7, 11) is 0. The van der Waals surface area contributed by atoms with Gasteiger partial charge in [0.05, 0.1) is 6.04 Å². The fraction of sp³-hybridized carbons (Fsp3) is 0.389. The summed E-state index contributed by atoms with van der Waals surface area (Å²) in [5, 5.41) is 12.4. The maximum atomic E-state index is 12.7. The Morgan fingerprint density at radius 3 is 2.88 bits per heavy atom. The van der Waals surface area contributed by atoms with Crippen LogP contribution in [0.2, 0.25) is 0 Å². The number of nitrogens with one attached hydrogen (secondary N) is 1. The number of carboxylic acid groups (broad SMARTS) is 1. The van der Waals surface area contributed by atoms with Crippen LogP contribution in [-0.2, 0) is 11.2 Å². The molecule has 24 heavy (non-hydrogen) atoms. The minimum absolute atomic E-state index is 0.103. The van der Waals surface area contributed by atoms with E-state index >= 15 is 0 Å². The standard InChI is InChI=1S/C18H21N3O3/c1-10-4-5-11(2)14(8-10)12(3)20-16-17(22)21-13(9-19-16)6-7-15(21)18(23)24/h4-5,8-9,12,15H,6-7H2,1-3H3,(H,19,20)(H,23,24)/t12-,15+/m1/s1. The van der Waals surface area contributed by atoms with Crippen LogP contribution in [0.3, 0.4) is 0 Å². The topological polar surface area (TPSA) is 84.2 Å². The lowest BCUT2D eigenvalue weighted by Gasteiger charge is -2.19. The number of benzene rings is 1. The lowest BCUT2D eigenvalue weighted by Crippen LogP contribution is -2.31. The number of hydrogen-bond acceptors (Lipinski definition) is 4. The molecule has 6 nitrogen and oxygen atoms in total. The molecule has 3 rings (SSSR count). The van der Waals surface area contributed by atoms with E-state index in [1.807, 2.05) is 32.9 Å². The summed E-state index contributed by atoms with van der Waals surface area (Å²) >= 11 is 0. The third kappa shape index (κ3) is 2.79. The molecule has 0 saturated carbocycles. The summed E-state index contributed by atoms with van der Waals surface area (Å²) in [4.78, 5) is 28.2. The molecule has 2 N–H and O–H groups in total. The van der Waals surface area contributed by atoms with E-state index in [4.69, 9.17) is 0 Å². The zero-order chi connectivity index (χ0) is 17.4. The Morgan fingerprint density at radius 2 is 2.17 bits per heavy atom. The Hall–Kier alpha value is -2.63. The number of aryl methyl sites for hydroxylation is 3. The molecule has 2 atom stereocenters. The average molecular weight is 327 g/mol. The van der Waals surface area contributed by atoms with Crippen molar-refractivity contribution in [3.05, 3.63) is 57.1 Å². The van der Waals surface area contributed by atoms with Crippen LogP contribution in [0.4, 0.5) is 5.82 Å². The molecule has 2 aromatic rings. The second-order valence-corrected chi connectivity index (χ2v) is 6.39. The van der Waals surface area contributed by atoms with Gasteiger partial charge in [-0.15, -0.1) is 0 Å². The normalized spacial score (nSPS) is 17.4. The van der Waals surface area contributed by atoms with Gasteiger partial charge in [-0.3, -0.25) is 9.36 Å². The van der Waals surface area contributed by atoms with Crippen molar-refractivity contribution in [2.75, 3.05) is 5.32 Å². The van der Waals surface area contributed by atoms with Gasteiger partial charge in [-0.2, -0.15) is 0 Å². The van der Waals surface area contributed by atoms with Crippen molar-refractivity contribution in [1.82, 2.24) is 9.55 Å². The molecule has 126 valence electrons. The highest BCUT2D eigenvalue weighted by Gasteiger charge is 2.30. The molecule has 1 aromatic heterocycles. The second-order valence-electron chi connectivity index (χ2n) is 6.39. The highest BCUT2D eigenvalue weighted by atomic mass is 16.4. The van der Waals surface area contributed by atoms with Crippen molar-refractivity contribution in [3.63, 3.8) is 0 Å². The fourth-order valence-corrected chi connectivity index (χ4v) is 3.28. The van der Waals surface area contributed by atoms with Gasteiger partial charge in [-0.25, -0.2) is 9.78 Å². The molecule has 0 fully saturated rings. The molecule has 0 radical (unpaired) electrons. The van der Waals surface area contributed by atoms with Crippen molar-refractivity contribution in [1.29, 1.82) is 0 Å². The monoisotopic (exact) mass is 327 g/mol. The third-order valence-corrected chi connectivity index (χ3v) is 4.60. The summed E-state index contributed by atoms with van der Waals surface area (Å²) in [6.07, 6.45) is 2.59. The number of nitrogens with zero attached hydrogens (tertiary/aromatic N) is 2.